The predicted molar refractivity (Wildman–Crippen MR) is 32.8 cm³/mol. The summed E-state index contributed by atoms with van der Waals surface area (Å²) in [6, 6.07) is 0. The first kappa shape index (κ1) is 6.55. The minimum Gasteiger partial charge on any atom is -0.383 e. The first-order chi connectivity index (χ1) is 4.04. The lowest BCUT2D eigenvalue weighted by Gasteiger charge is -2.17. The molecule has 0 spiro atoms. The predicted octanol–water partition coefficient (Wildman–Crippen LogP) is -0.497. The molecule has 1 amide bonds. The number of hydrogen-bond donors (Lipinski definition) is 2. The number of nitrogens with one attached hydrogen (secondary N) is 1. The van der Waals surface area contributed by atoms with Crippen LogP contribution in [0.25, 0.3) is 0 Å². The largest absolute Gasteiger partial charge is 0.383 e. The van der Waals surface area contributed by atoms with Gasteiger partial charge in [-0.25, -0.2) is 0 Å². The van der Waals surface area contributed by atoms with Crippen molar-refractivity contribution in [3.8, 4) is 0 Å². The van der Waals surface area contributed by atoms with Crippen LogP contribution in [0.1, 0.15) is 13.8 Å². The van der Waals surface area contributed by atoms with E-state index >= 15 is 0 Å². The molecule has 3 nitrogen and oxygen atoms in total. The van der Waals surface area contributed by atoms with E-state index in [9.17, 15) is 4.79 Å². The van der Waals surface area contributed by atoms with Crippen molar-refractivity contribution in [1.29, 1.82) is 0 Å². The molecule has 0 saturated carbocycles. The normalized spacial score (nSPS) is 32.3. The molecule has 0 aliphatic carbocycles. The van der Waals surface area contributed by atoms with Gasteiger partial charge in [0.1, 0.15) is 6.10 Å². The van der Waals surface area contributed by atoms with Gasteiger partial charge in [-0.1, -0.05) is 13.8 Å². The molecule has 1 saturated heterocycles. The number of carbonyl (C=O) groups is 1. The Hall–Kier alpha value is -0.570. The van der Waals surface area contributed by atoms with Crippen molar-refractivity contribution in [3.63, 3.8) is 0 Å². The fourth-order valence-electron chi connectivity index (χ4n) is 0.863. The number of aliphatic hydroxyl groups excluding tert-OH is 1. The minimum atomic E-state index is -0.822. The Bertz CT molecular complexity index is 142. The lowest BCUT2D eigenvalue weighted by atomic mass is 9.90. The zero-order valence-corrected chi connectivity index (χ0v) is 5.64. The summed E-state index contributed by atoms with van der Waals surface area (Å²) in [5, 5.41) is 11.7. The van der Waals surface area contributed by atoms with Gasteiger partial charge in [-0.15, -0.1) is 0 Å². The van der Waals surface area contributed by atoms with Gasteiger partial charge >= 0.3 is 0 Å². The maximum atomic E-state index is 10.6. The van der Waals surface area contributed by atoms with Crippen LogP contribution in [-0.2, 0) is 4.79 Å². The summed E-state index contributed by atoms with van der Waals surface area (Å²) in [5.74, 6) is -0.250. The average molecular weight is 129 g/mol. The van der Waals surface area contributed by atoms with Gasteiger partial charge in [0.05, 0.1) is 0 Å². The van der Waals surface area contributed by atoms with Gasteiger partial charge in [-0.3, -0.25) is 4.79 Å². The van der Waals surface area contributed by atoms with E-state index in [4.69, 9.17) is 5.11 Å². The van der Waals surface area contributed by atoms with Gasteiger partial charge in [0, 0.05) is 12.0 Å². The zero-order valence-electron chi connectivity index (χ0n) is 5.64. The van der Waals surface area contributed by atoms with E-state index in [1.54, 1.807) is 0 Å². The number of hydrogen-bond acceptors (Lipinski definition) is 2. The van der Waals surface area contributed by atoms with E-state index in [1.165, 1.54) is 0 Å². The molecular formula is C6H11NO2. The Labute approximate surface area is 54.1 Å². The molecule has 1 fully saturated rings. The third kappa shape index (κ3) is 0.920. The van der Waals surface area contributed by atoms with Crippen molar-refractivity contribution in [2.45, 2.75) is 20.0 Å². The molecule has 2 N–H and O–H groups in total. The fraction of sp³-hybridized carbons (Fsp3) is 0.833. The van der Waals surface area contributed by atoms with E-state index < -0.39 is 6.10 Å². The van der Waals surface area contributed by atoms with Gasteiger partial charge < -0.3 is 10.4 Å². The summed E-state index contributed by atoms with van der Waals surface area (Å²) in [6.45, 7) is 4.29. The molecule has 52 valence electrons. The summed E-state index contributed by atoms with van der Waals surface area (Å²) in [7, 11) is 0. The lowest BCUT2D eigenvalue weighted by molar-refractivity contribution is -0.128. The molecule has 1 atom stereocenters. The van der Waals surface area contributed by atoms with Crippen molar-refractivity contribution < 1.29 is 9.90 Å². The van der Waals surface area contributed by atoms with Crippen LogP contribution in [-0.4, -0.2) is 23.7 Å². The summed E-state index contributed by atoms with van der Waals surface area (Å²) >= 11 is 0. The van der Waals surface area contributed by atoms with Crippen molar-refractivity contribution in [3.05, 3.63) is 0 Å². The Morgan fingerprint density at radius 3 is 2.44 bits per heavy atom. The molecule has 3 heteroatoms. The van der Waals surface area contributed by atoms with Crippen molar-refractivity contribution in [2.24, 2.45) is 5.41 Å². The molecule has 1 rings (SSSR count). The van der Waals surface area contributed by atoms with E-state index in [0.717, 1.165) is 0 Å². The quantitative estimate of drug-likeness (QED) is 0.463. The van der Waals surface area contributed by atoms with Crippen LogP contribution in [0, 0.1) is 5.41 Å². The van der Waals surface area contributed by atoms with E-state index in [-0.39, 0.29) is 11.3 Å². The summed E-state index contributed by atoms with van der Waals surface area (Å²) in [5.41, 5.74) is -0.281. The Balaban J connectivity index is 2.73. The lowest BCUT2D eigenvalue weighted by Crippen LogP contribution is -2.29. The first-order valence-corrected chi connectivity index (χ1v) is 3.00. The second kappa shape index (κ2) is 1.70. The number of rotatable bonds is 0. The van der Waals surface area contributed by atoms with Crippen LogP contribution in [0.3, 0.4) is 0 Å². The maximum Gasteiger partial charge on any atom is 0.249 e. The van der Waals surface area contributed by atoms with Crippen LogP contribution in [0.2, 0.25) is 0 Å². The molecule has 1 heterocycles. The second-order valence-electron chi connectivity index (χ2n) is 3.11. The maximum absolute atomic E-state index is 10.6. The van der Waals surface area contributed by atoms with Crippen molar-refractivity contribution >= 4 is 5.91 Å². The minimum absolute atomic E-state index is 0.250. The van der Waals surface area contributed by atoms with Crippen LogP contribution in [0.15, 0.2) is 0 Å². The van der Waals surface area contributed by atoms with Gasteiger partial charge in [0.2, 0.25) is 5.91 Å². The van der Waals surface area contributed by atoms with E-state index in [0.29, 0.717) is 6.54 Å². The molecule has 1 aliphatic heterocycles. The highest BCUT2D eigenvalue weighted by molar-refractivity contribution is 5.83. The van der Waals surface area contributed by atoms with Crippen LogP contribution >= 0.6 is 0 Å². The smallest absolute Gasteiger partial charge is 0.249 e. The van der Waals surface area contributed by atoms with Gasteiger partial charge in [0.15, 0.2) is 0 Å². The highest BCUT2D eigenvalue weighted by Gasteiger charge is 2.39. The Morgan fingerprint density at radius 1 is 1.78 bits per heavy atom. The Morgan fingerprint density at radius 2 is 2.33 bits per heavy atom. The van der Waals surface area contributed by atoms with Gasteiger partial charge in [-0.05, 0) is 0 Å². The second-order valence-corrected chi connectivity index (χ2v) is 3.11. The van der Waals surface area contributed by atoms with Gasteiger partial charge in [-0.2, -0.15) is 0 Å². The SMILES string of the molecule is CC1(C)CNC(=O)C1O. The molecule has 0 aromatic rings. The number of amides is 1. The van der Waals surface area contributed by atoms with Crippen molar-refractivity contribution in [1.82, 2.24) is 5.32 Å². The molecule has 0 radical (unpaired) electrons. The molecule has 1 unspecified atom stereocenters. The third-order valence-electron chi connectivity index (χ3n) is 1.71. The topological polar surface area (TPSA) is 49.3 Å². The zero-order chi connectivity index (χ0) is 7.07. The van der Waals surface area contributed by atoms with Crippen LogP contribution in [0.5, 0.6) is 0 Å². The Kier molecular flexibility index (Phi) is 1.24. The highest BCUT2D eigenvalue weighted by atomic mass is 16.3. The van der Waals surface area contributed by atoms with Crippen LogP contribution < -0.4 is 5.32 Å². The molecule has 0 aromatic heterocycles. The van der Waals surface area contributed by atoms with E-state index in [1.807, 2.05) is 13.8 Å². The molecule has 0 aromatic carbocycles. The standard InChI is InChI=1S/C6H11NO2/c1-6(2)3-7-5(9)4(6)8/h4,8H,3H2,1-2H3,(H,7,9). The van der Waals surface area contributed by atoms with E-state index in [2.05, 4.69) is 5.32 Å². The highest BCUT2D eigenvalue weighted by Crippen LogP contribution is 2.23. The third-order valence-corrected chi connectivity index (χ3v) is 1.71. The first-order valence-electron chi connectivity index (χ1n) is 3.00. The molecule has 0 bridgehead atoms. The molecule has 9 heavy (non-hydrogen) atoms. The average Bonchev–Trinajstić information content (AvgIpc) is 1.97. The molecule has 1 aliphatic rings. The molecular weight excluding hydrogens is 118 g/mol. The summed E-state index contributed by atoms with van der Waals surface area (Å²) in [4.78, 5) is 10.6. The van der Waals surface area contributed by atoms with Gasteiger partial charge in [0.25, 0.3) is 0 Å². The van der Waals surface area contributed by atoms with Crippen LogP contribution in [0.4, 0.5) is 0 Å². The monoisotopic (exact) mass is 129 g/mol. The number of aliphatic hydroxyl groups is 1. The van der Waals surface area contributed by atoms with Crippen molar-refractivity contribution in [2.75, 3.05) is 6.54 Å². The summed E-state index contributed by atoms with van der Waals surface area (Å²) < 4.78 is 0. The fourth-order valence-corrected chi connectivity index (χ4v) is 0.863. The number of carbonyl (C=O) groups excluding carboxylic acids is 1. The summed E-state index contributed by atoms with van der Waals surface area (Å²) in [6.07, 6.45) is -0.822.